The predicted molar refractivity (Wildman–Crippen MR) is 76.4 cm³/mol. The van der Waals surface area contributed by atoms with E-state index >= 15 is 0 Å². The van der Waals surface area contributed by atoms with Gasteiger partial charge in [0.1, 0.15) is 5.82 Å². The molecule has 0 saturated heterocycles. The van der Waals surface area contributed by atoms with Crippen LogP contribution in [0.2, 0.25) is 10.0 Å². The Hall–Kier alpha value is -1.09. The van der Waals surface area contributed by atoms with Crippen LogP contribution in [0.5, 0.6) is 0 Å². The predicted octanol–water partition coefficient (Wildman–Crippen LogP) is 4.45. The van der Waals surface area contributed by atoms with Crippen molar-refractivity contribution in [3.05, 3.63) is 69.5 Å². The molecule has 0 saturated carbocycles. The van der Waals surface area contributed by atoms with Crippen molar-refractivity contribution in [1.29, 1.82) is 0 Å². The third kappa shape index (κ3) is 3.69. The number of benzene rings is 2. The zero-order chi connectivity index (χ0) is 13.8. The Morgan fingerprint density at radius 2 is 1.74 bits per heavy atom. The molecule has 0 aliphatic rings. The quantitative estimate of drug-likeness (QED) is 0.884. The highest BCUT2D eigenvalue weighted by molar-refractivity contribution is 6.31. The maximum atomic E-state index is 13.2. The van der Waals surface area contributed by atoms with Crippen LogP contribution in [0.4, 0.5) is 4.39 Å². The smallest absolute Gasteiger partial charge is 0.123 e. The molecule has 0 bridgehead atoms. The van der Waals surface area contributed by atoms with Crippen molar-refractivity contribution in [1.82, 2.24) is 0 Å². The van der Waals surface area contributed by atoms with Crippen LogP contribution in [0.1, 0.15) is 17.0 Å². The lowest BCUT2D eigenvalue weighted by atomic mass is 9.92. The van der Waals surface area contributed by atoms with Crippen molar-refractivity contribution in [2.24, 2.45) is 0 Å². The summed E-state index contributed by atoms with van der Waals surface area (Å²) in [6, 6.07) is 11.5. The van der Waals surface area contributed by atoms with Gasteiger partial charge in [-0.05, 0) is 47.9 Å². The van der Waals surface area contributed by atoms with Crippen LogP contribution in [-0.4, -0.2) is 11.7 Å². The van der Waals surface area contributed by atoms with Gasteiger partial charge in [-0.1, -0.05) is 35.3 Å². The van der Waals surface area contributed by atoms with E-state index in [1.165, 1.54) is 18.2 Å². The van der Waals surface area contributed by atoms with Gasteiger partial charge in [-0.25, -0.2) is 4.39 Å². The maximum absolute atomic E-state index is 13.2. The van der Waals surface area contributed by atoms with Crippen LogP contribution in [0, 0.1) is 5.82 Å². The fourth-order valence-electron chi connectivity index (χ4n) is 1.99. The zero-order valence-electron chi connectivity index (χ0n) is 10.1. The molecule has 0 aromatic heterocycles. The van der Waals surface area contributed by atoms with Gasteiger partial charge in [0.15, 0.2) is 0 Å². The monoisotopic (exact) mass is 298 g/mol. The van der Waals surface area contributed by atoms with Gasteiger partial charge in [0.05, 0.1) is 6.61 Å². The molecule has 1 unspecified atom stereocenters. The summed E-state index contributed by atoms with van der Waals surface area (Å²) in [6.07, 6.45) is 0.481. The van der Waals surface area contributed by atoms with Gasteiger partial charge in [-0.3, -0.25) is 0 Å². The molecule has 2 aromatic rings. The lowest BCUT2D eigenvalue weighted by molar-refractivity contribution is 0.264. The fourth-order valence-corrected chi connectivity index (χ4v) is 2.31. The number of rotatable bonds is 4. The number of halogens is 3. The number of hydrogen-bond donors (Lipinski definition) is 1. The van der Waals surface area contributed by atoms with E-state index in [0.717, 1.165) is 5.56 Å². The lowest BCUT2D eigenvalue weighted by Crippen LogP contribution is -2.08. The highest BCUT2D eigenvalue weighted by Gasteiger charge is 2.14. The van der Waals surface area contributed by atoms with Crippen LogP contribution in [0.15, 0.2) is 42.5 Å². The minimum Gasteiger partial charge on any atom is -0.396 e. The summed E-state index contributed by atoms with van der Waals surface area (Å²) >= 11 is 11.9. The van der Waals surface area contributed by atoms with Gasteiger partial charge in [0, 0.05) is 16.0 Å². The third-order valence-electron chi connectivity index (χ3n) is 3.04. The number of hydrogen-bond acceptors (Lipinski definition) is 1. The molecule has 0 heterocycles. The summed E-state index contributed by atoms with van der Waals surface area (Å²) in [5.74, 6) is -0.455. The van der Waals surface area contributed by atoms with E-state index in [4.69, 9.17) is 23.2 Å². The first-order valence-corrected chi connectivity index (χ1v) is 6.66. The van der Waals surface area contributed by atoms with Crippen molar-refractivity contribution in [2.75, 3.05) is 6.61 Å². The highest BCUT2D eigenvalue weighted by atomic mass is 35.5. The molecule has 0 amide bonds. The molecule has 4 heteroatoms. The van der Waals surface area contributed by atoms with Gasteiger partial charge in [-0.15, -0.1) is 0 Å². The number of aliphatic hydroxyl groups excluding tert-OH is 1. The van der Waals surface area contributed by atoms with Gasteiger partial charge in [0.2, 0.25) is 0 Å². The van der Waals surface area contributed by atoms with Crippen molar-refractivity contribution in [3.8, 4) is 0 Å². The topological polar surface area (TPSA) is 20.2 Å². The Bertz CT molecular complexity index is 555. The molecule has 100 valence electrons. The van der Waals surface area contributed by atoms with E-state index in [9.17, 15) is 9.50 Å². The standard InChI is InChI=1S/C15H13Cl2FO/c16-13-3-1-10(2-4-13)12(9-19)7-11-8-14(18)5-6-15(11)17/h1-6,8,12,19H,7,9H2. The third-order valence-corrected chi connectivity index (χ3v) is 3.66. The molecule has 0 fully saturated rings. The van der Waals surface area contributed by atoms with E-state index in [0.29, 0.717) is 22.0 Å². The average Bonchev–Trinajstić information content (AvgIpc) is 2.41. The molecule has 2 aromatic carbocycles. The molecule has 1 atom stereocenters. The molecule has 0 aliphatic carbocycles. The van der Waals surface area contributed by atoms with E-state index < -0.39 is 0 Å². The second kappa shape index (κ2) is 6.38. The van der Waals surface area contributed by atoms with Crippen LogP contribution in [0.3, 0.4) is 0 Å². The van der Waals surface area contributed by atoms with E-state index in [1.807, 2.05) is 12.1 Å². The van der Waals surface area contributed by atoms with Crippen molar-refractivity contribution >= 4 is 23.2 Å². The first-order chi connectivity index (χ1) is 9.10. The Morgan fingerprint density at radius 3 is 2.37 bits per heavy atom. The van der Waals surface area contributed by atoms with E-state index in [2.05, 4.69) is 0 Å². The Morgan fingerprint density at radius 1 is 1.05 bits per heavy atom. The minimum atomic E-state index is -0.327. The Kier molecular flexibility index (Phi) is 4.81. The Balaban J connectivity index is 2.23. The molecule has 0 aliphatic heterocycles. The van der Waals surface area contributed by atoms with Crippen molar-refractivity contribution in [2.45, 2.75) is 12.3 Å². The molecule has 0 spiro atoms. The second-order valence-corrected chi connectivity index (χ2v) is 5.21. The first-order valence-electron chi connectivity index (χ1n) is 5.90. The van der Waals surface area contributed by atoms with Gasteiger partial charge in [-0.2, -0.15) is 0 Å². The average molecular weight is 299 g/mol. The van der Waals surface area contributed by atoms with Gasteiger partial charge < -0.3 is 5.11 Å². The summed E-state index contributed by atoms with van der Waals surface area (Å²) < 4.78 is 13.2. The molecule has 19 heavy (non-hydrogen) atoms. The van der Waals surface area contributed by atoms with Crippen molar-refractivity contribution < 1.29 is 9.50 Å². The lowest BCUT2D eigenvalue weighted by Gasteiger charge is -2.15. The molecule has 2 rings (SSSR count). The largest absolute Gasteiger partial charge is 0.396 e. The van der Waals surface area contributed by atoms with Gasteiger partial charge in [0.25, 0.3) is 0 Å². The minimum absolute atomic E-state index is 0.0333. The molecule has 1 N–H and O–H groups in total. The normalized spacial score (nSPS) is 12.4. The van der Waals surface area contributed by atoms with Crippen LogP contribution in [0.25, 0.3) is 0 Å². The second-order valence-electron chi connectivity index (χ2n) is 4.37. The first kappa shape index (κ1) is 14.3. The molecular weight excluding hydrogens is 286 g/mol. The fraction of sp³-hybridized carbons (Fsp3) is 0.200. The van der Waals surface area contributed by atoms with E-state index in [-0.39, 0.29) is 18.3 Å². The van der Waals surface area contributed by atoms with Crippen LogP contribution < -0.4 is 0 Å². The van der Waals surface area contributed by atoms with Gasteiger partial charge >= 0.3 is 0 Å². The van der Waals surface area contributed by atoms with Crippen LogP contribution >= 0.6 is 23.2 Å². The summed E-state index contributed by atoms with van der Waals surface area (Å²) in [6.45, 7) is -0.0333. The zero-order valence-corrected chi connectivity index (χ0v) is 11.6. The summed E-state index contributed by atoms with van der Waals surface area (Å²) in [5, 5.41) is 10.7. The number of aliphatic hydroxyl groups is 1. The molecule has 0 radical (unpaired) electrons. The highest BCUT2D eigenvalue weighted by Crippen LogP contribution is 2.26. The van der Waals surface area contributed by atoms with E-state index in [1.54, 1.807) is 12.1 Å². The Labute approximate surface area is 121 Å². The molecular formula is C15H13Cl2FO. The summed E-state index contributed by atoms with van der Waals surface area (Å²) in [4.78, 5) is 0. The van der Waals surface area contributed by atoms with Crippen molar-refractivity contribution in [3.63, 3.8) is 0 Å². The SMILES string of the molecule is OCC(Cc1cc(F)ccc1Cl)c1ccc(Cl)cc1. The maximum Gasteiger partial charge on any atom is 0.123 e. The summed E-state index contributed by atoms with van der Waals surface area (Å²) in [7, 11) is 0. The molecule has 1 nitrogen and oxygen atoms in total. The summed E-state index contributed by atoms with van der Waals surface area (Å²) in [5.41, 5.74) is 1.64. The van der Waals surface area contributed by atoms with Crippen LogP contribution in [-0.2, 0) is 6.42 Å².